The van der Waals surface area contributed by atoms with Gasteiger partial charge >= 0.3 is 0 Å². The van der Waals surface area contributed by atoms with E-state index in [1.54, 1.807) is 7.11 Å². The maximum absolute atomic E-state index is 5.13. The molecule has 1 aromatic carbocycles. The van der Waals surface area contributed by atoms with E-state index >= 15 is 0 Å². The zero-order valence-corrected chi connectivity index (χ0v) is 15.0. The molecule has 128 valence electrons. The third kappa shape index (κ3) is 2.94. The first-order chi connectivity index (χ1) is 12.2. The van der Waals surface area contributed by atoms with Crippen molar-refractivity contribution < 1.29 is 4.74 Å². The number of hydrogen-bond donors (Lipinski definition) is 0. The topological polar surface area (TPSA) is 30.3 Å². The number of methoxy groups -OCH3 is 1. The summed E-state index contributed by atoms with van der Waals surface area (Å²) in [6, 6.07) is 10.7. The highest BCUT2D eigenvalue weighted by molar-refractivity contribution is 5.89. The van der Waals surface area contributed by atoms with Crippen LogP contribution in [0.3, 0.4) is 0 Å². The second-order valence-electron chi connectivity index (χ2n) is 6.75. The summed E-state index contributed by atoms with van der Waals surface area (Å²) in [5.74, 6) is 0.638. The predicted molar refractivity (Wildman–Crippen MR) is 103 cm³/mol. The standard InChI is InChI=1S/C21H23N3O/c1-15-4-6-19-17(12-15)18-14-23(2)10-9-20(18)24(19)11-8-16-5-7-21(25-3)22-13-16/h4-8,11-13H,9-10,14H2,1-3H3/b11-8+. The van der Waals surface area contributed by atoms with Crippen LogP contribution in [0.25, 0.3) is 23.2 Å². The molecule has 0 amide bonds. The molecule has 0 fully saturated rings. The van der Waals surface area contributed by atoms with Crippen molar-refractivity contribution in [2.75, 3.05) is 20.7 Å². The van der Waals surface area contributed by atoms with Crippen LogP contribution in [0, 0.1) is 6.92 Å². The lowest BCUT2D eigenvalue weighted by molar-refractivity contribution is 0.312. The van der Waals surface area contributed by atoms with Gasteiger partial charge < -0.3 is 14.2 Å². The monoisotopic (exact) mass is 333 g/mol. The van der Waals surface area contributed by atoms with Gasteiger partial charge in [-0.25, -0.2) is 4.98 Å². The molecule has 2 aromatic heterocycles. The molecule has 4 nitrogen and oxygen atoms in total. The van der Waals surface area contributed by atoms with Crippen LogP contribution in [0.5, 0.6) is 5.88 Å². The second-order valence-corrected chi connectivity index (χ2v) is 6.75. The first-order valence-corrected chi connectivity index (χ1v) is 8.65. The Balaban J connectivity index is 1.79. The fourth-order valence-corrected chi connectivity index (χ4v) is 3.58. The van der Waals surface area contributed by atoms with Gasteiger partial charge in [0.15, 0.2) is 0 Å². The van der Waals surface area contributed by atoms with Crippen molar-refractivity contribution >= 4 is 23.2 Å². The van der Waals surface area contributed by atoms with Crippen LogP contribution in [0.4, 0.5) is 0 Å². The third-order valence-corrected chi connectivity index (χ3v) is 4.92. The van der Waals surface area contributed by atoms with Crippen molar-refractivity contribution in [1.29, 1.82) is 0 Å². The van der Waals surface area contributed by atoms with Crippen molar-refractivity contribution in [3.63, 3.8) is 0 Å². The molecule has 1 aliphatic heterocycles. The van der Waals surface area contributed by atoms with E-state index in [9.17, 15) is 0 Å². The Bertz CT molecular complexity index is 938. The number of hydrogen-bond acceptors (Lipinski definition) is 3. The molecule has 0 N–H and O–H groups in total. The Morgan fingerprint density at radius 3 is 2.84 bits per heavy atom. The zero-order chi connectivity index (χ0) is 17.4. The van der Waals surface area contributed by atoms with Gasteiger partial charge in [0.1, 0.15) is 0 Å². The van der Waals surface area contributed by atoms with Crippen LogP contribution in [0.1, 0.15) is 22.4 Å². The highest BCUT2D eigenvalue weighted by Crippen LogP contribution is 2.31. The van der Waals surface area contributed by atoms with E-state index in [1.807, 2.05) is 18.3 Å². The van der Waals surface area contributed by atoms with Gasteiger partial charge in [0.05, 0.1) is 12.6 Å². The summed E-state index contributed by atoms with van der Waals surface area (Å²) in [4.78, 5) is 6.67. The van der Waals surface area contributed by atoms with E-state index in [4.69, 9.17) is 4.74 Å². The maximum atomic E-state index is 5.13. The summed E-state index contributed by atoms with van der Waals surface area (Å²) in [6.07, 6.45) is 7.20. The van der Waals surface area contributed by atoms with Crippen molar-refractivity contribution in [1.82, 2.24) is 14.5 Å². The summed E-state index contributed by atoms with van der Waals surface area (Å²) in [6.45, 7) is 4.27. The van der Waals surface area contributed by atoms with Crippen LogP contribution in [0.15, 0.2) is 36.5 Å². The van der Waals surface area contributed by atoms with E-state index < -0.39 is 0 Å². The number of nitrogens with zero attached hydrogens (tertiary/aromatic N) is 3. The molecule has 25 heavy (non-hydrogen) atoms. The minimum atomic E-state index is 0.638. The minimum absolute atomic E-state index is 0.638. The summed E-state index contributed by atoms with van der Waals surface area (Å²) >= 11 is 0. The minimum Gasteiger partial charge on any atom is -0.481 e. The molecule has 0 aliphatic carbocycles. The number of fused-ring (bicyclic) bond motifs is 3. The molecule has 0 atom stereocenters. The van der Waals surface area contributed by atoms with Crippen molar-refractivity contribution in [2.24, 2.45) is 0 Å². The fourth-order valence-electron chi connectivity index (χ4n) is 3.58. The normalized spacial score (nSPS) is 15.0. The summed E-state index contributed by atoms with van der Waals surface area (Å²) in [5.41, 5.74) is 6.55. The number of benzene rings is 1. The predicted octanol–water partition coefficient (Wildman–Crippen LogP) is 3.97. The number of aryl methyl sites for hydroxylation is 1. The van der Waals surface area contributed by atoms with E-state index in [0.717, 1.165) is 25.1 Å². The van der Waals surface area contributed by atoms with Crippen LogP contribution in [-0.2, 0) is 13.0 Å². The quantitative estimate of drug-likeness (QED) is 0.726. The van der Waals surface area contributed by atoms with Gasteiger partial charge in [0, 0.05) is 49.1 Å². The Morgan fingerprint density at radius 2 is 2.08 bits per heavy atom. The van der Waals surface area contributed by atoms with Crippen molar-refractivity contribution in [3.8, 4) is 5.88 Å². The molecular formula is C21H23N3O. The van der Waals surface area contributed by atoms with E-state index in [0.29, 0.717) is 5.88 Å². The van der Waals surface area contributed by atoms with Gasteiger partial charge in [-0.1, -0.05) is 11.6 Å². The van der Waals surface area contributed by atoms with E-state index in [1.165, 1.54) is 27.7 Å². The molecule has 1 aliphatic rings. The average molecular weight is 333 g/mol. The van der Waals surface area contributed by atoms with Gasteiger partial charge in [0.25, 0.3) is 0 Å². The molecule has 0 radical (unpaired) electrons. The third-order valence-electron chi connectivity index (χ3n) is 4.92. The molecule has 0 spiro atoms. The lowest BCUT2D eigenvalue weighted by Crippen LogP contribution is -2.26. The number of aromatic nitrogens is 2. The number of rotatable bonds is 3. The van der Waals surface area contributed by atoms with Gasteiger partial charge in [-0.05, 0) is 49.4 Å². The van der Waals surface area contributed by atoms with Gasteiger partial charge in [0.2, 0.25) is 5.88 Å². The Morgan fingerprint density at radius 1 is 1.20 bits per heavy atom. The number of likely N-dealkylation sites (N-methyl/N-ethyl adjacent to an activating group) is 1. The van der Waals surface area contributed by atoms with Gasteiger partial charge in [-0.15, -0.1) is 0 Å². The van der Waals surface area contributed by atoms with Crippen molar-refractivity contribution in [2.45, 2.75) is 19.9 Å². The van der Waals surface area contributed by atoms with Crippen LogP contribution in [-0.4, -0.2) is 35.2 Å². The molecule has 0 saturated carbocycles. The molecule has 3 heterocycles. The van der Waals surface area contributed by atoms with Crippen LogP contribution < -0.4 is 4.74 Å². The van der Waals surface area contributed by atoms with E-state index in [2.05, 4.69) is 58.9 Å². The highest BCUT2D eigenvalue weighted by atomic mass is 16.5. The molecule has 0 saturated heterocycles. The number of ether oxygens (including phenoxy) is 1. The zero-order valence-electron chi connectivity index (χ0n) is 15.0. The molecule has 3 aromatic rings. The lowest BCUT2D eigenvalue weighted by atomic mass is 10.0. The van der Waals surface area contributed by atoms with Crippen LogP contribution >= 0.6 is 0 Å². The Labute approximate surface area is 148 Å². The Hall–Kier alpha value is -2.59. The molecule has 4 heteroatoms. The number of pyridine rings is 1. The highest BCUT2D eigenvalue weighted by Gasteiger charge is 2.21. The van der Waals surface area contributed by atoms with Crippen molar-refractivity contribution in [3.05, 3.63) is 58.9 Å². The van der Waals surface area contributed by atoms with Crippen LogP contribution in [0.2, 0.25) is 0 Å². The SMILES string of the molecule is COc1ccc(/C=C/n2c3c(c4cc(C)ccc42)CN(C)CC3)cn1. The fraction of sp³-hybridized carbons (Fsp3) is 0.286. The largest absolute Gasteiger partial charge is 0.481 e. The Kier molecular flexibility index (Phi) is 4.06. The molecular weight excluding hydrogens is 310 g/mol. The van der Waals surface area contributed by atoms with E-state index in [-0.39, 0.29) is 0 Å². The molecule has 0 unspecified atom stereocenters. The smallest absolute Gasteiger partial charge is 0.212 e. The van der Waals surface area contributed by atoms with Gasteiger partial charge in [-0.2, -0.15) is 0 Å². The lowest BCUT2D eigenvalue weighted by Gasteiger charge is -2.23. The maximum Gasteiger partial charge on any atom is 0.212 e. The summed E-state index contributed by atoms with van der Waals surface area (Å²) in [7, 11) is 3.83. The molecule has 0 bridgehead atoms. The first kappa shape index (κ1) is 15.9. The van der Waals surface area contributed by atoms with Gasteiger partial charge in [-0.3, -0.25) is 0 Å². The first-order valence-electron chi connectivity index (χ1n) is 8.65. The molecule has 4 rings (SSSR count). The summed E-state index contributed by atoms with van der Waals surface area (Å²) < 4.78 is 7.48. The summed E-state index contributed by atoms with van der Waals surface area (Å²) in [5, 5.41) is 1.37. The average Bonchev–Trinajstić information content (AvgIpc) is 2.92. The second kappa shape index (κ2) is 6.37.